The number of unbranched alkanes of at least 4 members (excludes halogenated alkanes) is 2. The van der Waals surface area contributed by atoms with Crippen molar-refractivity contribution in [2.75, 3.05) is 37.6 Å². The molecule has 4 rings (SSSR count). The van der Waals surface area contributed by atoms with E-state index in [0.29, 0.717) is 25.2 Å². The summed E-state index contributed by atoms with van der Waals surface area (Å²) in [6.07, 6.45) is -0.741. The number of ether oxygens (including phenoxy) is 1. The number of rotatable bonds is 9. The van der Waals surface area contributed by atoms with Crippen molar-refractivity contribution in [2.45, 2.75) is 64.9 Å². The van der Waals surface area contributed by atoms with Gasteiger partial charge in [0.2, 0.25) is 5.91 Å². The van der Waals surface area contributed by atoms with Crippen molar-refractivity contribution in [1.29, 1.82) is 0 Å². The Labute approximate surface area is 211 Å². The zero-order valence-corrected chi connectivity index (χ0v) is 21.2. The molecule has 2 aromatic rings. The van der Waals surface area contributed by atoms with Crippen LogP contribution in [0.4, 0.5) is 18.9 Å². The van der Waals surface area contributed by atoms with Gasteiger partial charge in [-0.1, -0.05) is 18.6 Å². The molecule has 0 aliphatic carbocycles. The molecule has 0 N–H and O–H groups in total. The molecule has 2 aliphatic heterocycles. The van der Waals surface area contributed by atoms with Crippen LogP contribution >= 0.6 is 0 Å². The van der Waals surface area contributed by atoms with Crippen LogP contribution in [0.3, 0.4) is 0 Å². The van der Waals surface area contributed by atoms with Gasteiger partial charge in [-0.15, -0.1) is 0 Å². The molecule has 1 fully saturated rings. The van der Waals surface area contributed by atoms with Gasteiger partial charge in [0, 0.05) is 51.4 Å². The highest BCUT2D eigenvalue weighted by Gasteiger charge is 2.31. The molecule has 2 heterocycles. The van der Waals surface area contributed by atoms with E-state index in [1.165, 1.54) is 23.3 Å². The molecule has 2 aliphatic rings. The average Bonchev–Trinajstić information content (AvgIpc) is 3.27. The molecule has 0 unspecified atom stereocenters. The second-order valence-electron chi connectivity index (χ2n) is 10.0. The highest BCUT2D eigenvalue weighted by molar-refractivity contribution is 5.77. The van der Waals surface area contributed by atoms with Crippen molar-refractivity contribution >= 4 is 11.6 Å². The number of hydrogen-bond donors (Lipinski definition) is 0. The molecule has 0 bridgehead atoms. The lowest BCUT2D eigenvalue weighted by atomic mass is 10.1. The molecule has 196 valence electrons. The average molecular weight is 504 g/mol. The van der Waals surface area contributed by atoms with Crippen molar-refractivity contribution in [2.24, 2.45) is 0 Å². The second kappa shape index (κ2) is 11.5. The zero-order valence-electron chi connectivity index (χ0n) is 21.2. The summed E-state index contributed by atoms with van der Waals surface area (Å²) in [5.74, 6) is 1.06. The predicted octanol–water partition coefficient (Wildman–Crippen LogP) is 5.72. The van der Waals surface area contributed by atoms with Crippen LogP contribution in [0.15, 0.2) is 42.5 Å². The lowest BCUT2D eigenvalue weighted by Gasteiger charge is -2.36. The summed E-state index contributed by atoms with van der Waals surface area (Å²) in [6, 6.07) is 11.7. The maximum Gasteiger partial charge on any atom is 0.416 e. The molecule has 0 atom stereocenters. The van der Waals surface area contributed by atoms with Gasteiger partial charge in [0.1, 0.15) is 5.75 Å². The molecule has 2 aromatic carbocycles. The summed E-state index contributed by atoms with van der Waals surface area (Å²) >= 11 is 0. The van der Waals surface area contributed by atoms with E-state index >= 15 is 0 Å². The normalized spacial score (nSPS) is 16.5. The maximum absolute atomic E-state index is 13.0. The van der Waals surface area contributed by atoms with Crippen molar-refractivity contribution in [1.82, 2.24) is 9.80 Å². The van der Waals surface area contributed by atoms with Gasteiger partial charge in [-0.3, -0.25) is 9.69 Å². The molecule has 0 radical (unpaired) electrons. The van der Waals surface area contributed by atoms with E-state index in [1.54, 1.807) is 6.07 Å². The third-order valence-electron chi connectivity index (χ3n) is 6.90. The van der Waals surface area contributed by atoms with E-state index in [4.69, 9.17) is 4.74 Å². The van der Waals surface area contributed by atoms with Crippen LogP contribution in [0.5, 0.6) is 5.75 Å². The van der Waals surface area contributed by atoms with Crippen molar-refractivity contribution < 1.29 is 22.7 Å². The minimum absolute atomic E-state index is 0.126. The summed E-state index contributed by atoms with van der Waals surface area (Å²) in [5, 5.41) is 0. The van der Waals surface area contributed by atoms with Gasteiger partial charge in [-0.05, 0) is 74.7 Å². The Kier molecular flexibility index (Phi) is 8.44. The van der Waals surface area contributed by atoms with Gasteiger partial charge >= 0.3 is 6.18 Å². The minimum atomic E-state index is -4.32. The molecule has 0 aromatic heterocycles. The first-order chi connectivity index (χ1) is 17.2. The van der Waals surface area contributed by atoms with Gasteiger partial charge in [0.25, 0.3) is 0 Å². The number of fused-ring (bicyclic) bond motifs is 1. The Morgan fingerprint density at radius 3 is 2.42 bits per heavy atom. The van der Waals surface area contributed by atoms with Gasteiger partial charge in [-0.2, -0.15) is 13.2 Å². The minimum Gasteiger partial charge on any atom is -0.491 e. The number of alkyl halides is 3. The Balaban J connectivity index is 1.12. The topological polar surface area (TPSA) is 36.0 Å². The molecule has 0 saturated carbocycles. The Morgan fingerprint density at radius 2 is 1.69 bits per heavy atom. The number of carbonyl (C=O) groups is 1. The van der Waals surface area contributed by atoms with Crippen molar-refractivity contribution in [3.63, 3.8) is 0 Å². The first kappa shape index (κ1) is 26.3. The molecule has 36 heavy (non-hydrogen) atoms. The van der Waals surface area contributed by atoms with Crippen molar-refractivity contribution in [3.05, 3.63) is 59.2 Å². The number of piperazine rings is 1. The number of carbonyl (C=O) groups excluding carboxylic acids is 1. The highest BCUT2D eigenvalue weighted by atomic mass is 19.4. The van der Waals surface area contributed by atoms with Crippen molar-refractivity contribution in [3.8, 4) is 5.75 Å². The van der Waals surface area contributed by atoms with Crippen LogP contribution in [-0.4, -0.2) is 54.5 Å². The molecular weight excluding hydrogens is 467 g/mol. The smallest absolute Gasteiger partial charge is 0.416 e. The third-order valence-corrected chi connectivity index (χ3v) is 6.90. The maximum atomic E-state index is 13.0. The van der Waals surface area contributed by atoms with Crippen LogP contribution in [0.2, 0.25) is 0 Å². The van der Waals surface area contributed by atoms with Crippen LogP contribution in [0, 0.1) is 0 Å². The molecule has 0 spiro atoms. The number of hydrogen-bond acceptors (Lipinski definition) is 4. The van der Waals surface area contributed by atoms with Crippen LogP contribution in [0.1, 0.15) is 56.2 Å². The lowest BCUT2D eigenvalue weighted by molar-refractivity contribution is -0.137. The summed E-state index contributed by atoms with van der Waals surface area (Å²) < 4.78 is 44.8. The van der Waals surface area contributed by atoms with Gasteiger partial charge < -0.3 is 14.5 Å². The molecule has 1 amide bonds. The quantitative estimate of drug-likeness (QED) is 0.410. The van der Waals surface area contributed by atoms with E-state index in [9.17, 15) is 18.0 Å². The number of halogens is 3. The number of anilines is 1. The largest absolute Gasteiger partial charge is 0.491 e. The lowest BCUT2D eigenvalue weighted by Crippen LogP contribution is -2.46. The fourth-order valence-electron chi connectivity index (χ4n) is 4.95. The molecule has 8 heteroatoms. The standard InChI is InChI=1S/C28H36F3N3O2/c1-21(2)36-26-11-10-22-19-34(20-23(22)17-26)27(35)9-4-3-5-12-32-13-15-33(16-14-32)25-8-6-7-24(18-25)28(29,30)31/h6-8,10-11,17-18,21H,3-5,9,12-16,19-20H2,1-2H3. The summed E-state index contributed by atoms with van der Waals surface area (Å²) in [6.45, 7) is 9.41. The fraction of sp³-hybridized carbons (Fsp3) is 0.536. The molecular formula is C28H36F3N3O2. The van der Waals surface area contributed by atoms with E-state index in [1.807, 2.05) is 29.7 Å². The Hall–Kier alpha value is -2.74. The van der Waals surface area contributed by atoms with E-state index in [-0.39, 0.29) is 12.0 Å². The fourth-order valence-corrected chi connectivity index (χ4v) is 4.95. The number of nitrogens with zero attached hydrogens (tertiary/aromatic N) is 3. The third kappa shape index (κ3) is 6.93. The molecule has 5 nitrogen and oxygen atoms in total. The zero-order chi connectivity index (χ0) is 25.7. The Morgan fingerprint density at radius 1 is 0.944 bits per heavy atom. The van der Waals surface area contributed by atoms with Crippen LogP contribution in [-0.2, 0) is 24.1 Å². The SMILES string of the molecule is CC(C)Oc1ccc2c(c1)CN(C(=O)CCCCCN1CCN(c3cccc(C(F)(F)F)c3)CC1)C2. The van der Waals surface area contributed by atoms with E-state index < -0.39 is 11.7 Å². The van der Waals surface area contributed by atoms with Gasteiger partial charge in [-0.25, -0.2) is 0 Å². The highest BCUT2D eigenvalue weighted by Crippen LogP contribution is 2.32. The van der Waals surface area contributed by atoms with Crippen LogP contribution < -0.4 is 9.64 Å². The van der Waals surface area contributed by atoms with E-state index in [2.05, 4.69) is 17.0 Å². The summed E-state index contributed by atoms with van der Waals surface area (Å²) in [7, 11) is 0. The number of amides is 1. The monoisotopic (exact) mass is 503 g/mol. The second-order valence-corrected chi connectivity index (χ2v) is 10.0. The first-order valence-corrected chi connectivity index (χ1v) is 12.9. The Bertz CT molecular complexity index is 1030. The van der Waals surface area contributed by atoms with Gasteiger partial charge in [0.15, 0.2) is 0 Å². The number of benzene rings is 2. The molecule has 1 saturated heterocycles. The summed E-state index contributed by atoms with van der Waals surface area (Å²) in [5.41, 5.74) is 2.41. The van der Waals surface area contributed by atoms with Crippen LogP contribution in [0.25, 0.3) is 0 Å². The van der Waals surface area contributed by atoms with Gasteiger partial charge in [0.05, 0.1) is 11.7 Å². The summed E-state index contributed by atoms with van der Waals surface area (Å²) in [4.78, 5) is 19.0. The first-order valence-electron chi connectivity index (χ1n) is 12.9. The predicted molar refractivity (Wildman–Crippen MR) is 135 cm³/mol. The van der Waals surface area contributed by atoms with E-state index in [0.717, 1.165) is 63.8 Å².